The molecule has 0 radical (unpaired) electrons. The first-order valence-electron chi connectivity index (χ1n) is 8.36. The molecule has 6 heteroatoms. The van der Waals surface area contributed by atoms with Crippen LogP contribution in [0.5, 0.6) is 0 Å². The van der Waals surface area contributed by atoms with Gasteiger partial charge in [-0.15, -0.1) is 0 Å². The fraction of sp³-hybridized carbons (Fsp3) is 0.526. The number of carbonyl (C=O) groups excluding carboxylic acids is 3. The Labute approximate surface area is 150 Å². The summed E-state index contributed by atoms with van der Waals surface area (Å²) in [5.74, 6) is -0.621. The third-order valence-electron chi connectivity index (χ3n) is 3.56. The number of nitrogens with one attached hydrogen (secondary N) is 2. The van der Waals surface area contributed by atoms with Crippen LogP contribution in [0.1, 0.15) is 51.3 Å². The van der Waals surface area contributed by atoms with Gasteiger partial charge in [0, 0.05) is 19.5 Å². The lowest BCUT2D eigenvalue weighted by Crippen LogP contribution is -2.46. The number of carbonyl (C=O) groups is 3. The van der Waals surface area contributed by atoms with E-state index in [0.717, 1.165) is 11.1 Å². The van der Waals surface area contributed by atoms with E-state index < -0.39 is 6.04 Å². The van der Waals surface area contributed by atoms with E-state index in [0.29, 0.717) is 0 Å². The Balaban J connectivity index is 2.75. The Morgan fingerprint density at radius 3 is 2.16 bits per heavy atom. The van der Waals surface area contributed by atoms with Gasteiger partial charge in [-0.25, -0.2) is 0 Å². The Hall–Kier alpha value is -2.37. The SMILES string of the molecule is CC(=O)N[C@@H](CC(=O)N(C)CC(=O)NC(C)(C)C)c1ccc(C)cc1. The van der Waals surface area contributed by atoms with Gasteiger partial charge >= 0.3 is 0 Å². The van der Waals surface area contributed by atoms with Gasteiger partial charge in [0.1, 0.15) is 0 Å². The van der Waals surface area contributed by atoms with Gasteiger partial charge in [-0.1, -0.05) is 29.8 Å². The largest absolute Gasteiger partial charge is 0.350 e. The van der Waals surface area contributed by atoms with E-state index in [4.69, 9.17) is 0 Å². The number of hydrogen-bond donors (Lipinski definition) is 2. The van der Waals surface area contributed by atoms with Gasteiger partial charge in [0.05, 0.1) is 19.0 Å². The quantitative estimate of drug-likeness (QED) is 0.825. The minimum absolute atomic E-state index is 0.0171. The van der Waals surface area contributed by atoms with Crippen LogP contribution in [0, 0.1) is 6.92 Å². The molecule has 25 heavy (non-hydrogen) atoms. The molecular weight excluding hydrogens is 318 g/mol. The van der Waals surface area contributed by atoms with Crippen molar-refractivity contribution in [3.05, 3.63) is 35.4 Å². The molecule has 6 nitrogen and oxygen atoms in total. The number of aryl methyl sites for hydroxylation is 1. The normalized spacial score (nSPS) is 12.2. The summed E-state index contributed by atoms with van der Waals surface area (Å²) in [4.78, 5) is 37.3. The van der Waals surface area contributed by atoms with Crippen molar-refractivity contribution in [2.45, 2.75) is 52.6 Å². The fourth-order valence-electron chi connectivity index (χ4n) is 2.39. The minimum atomic E-state index is -0.418. The van der Waals surface area contributed by atoms with E-state index in [1.54, 1.807) is 7.05 Å². The monoisotopic (exact) mass is 347 g/mol. The average molecular weight is 347 g/mol. The molecule has 138 valence electrons. The number of benzene rings is 1. The van der Waals surface area contributed by atoms with Crippen LogP contribution in [0.15, 0.2) is 24.3 Å². The van der Waals surface area contributed by atoms with Crippen LogP contribution in [0.3, 0.4) is 0 Å². The highest BCUT2D eigenvalue weighted by atomic mass is 16.2. The zero-order valence-electron chi connectivity index (χ0n) is 16.0. The first-order chi connectivity index (χ1) is 11.5. The lowest BCUT2D eigenvalue weighted by Gasteiger charge is -2.25. The maximum absolute atomic E-state index is 12.5. The minimum Gasteiger partial charge on any atom is -0.350 e. The summed E-state index contributed by atoms with van der Waals surface area (Å²) in [5.41, 5.74) is 1.62. The number of likely N-dealkylation sites (N-methyl/N-ethyl adjacent to an activating group) is 1. The molecule has 0 aliphatic heterocycles. The van der Waals surface area contributed by atoms with E-state index in [9.17, 15) is 14.4 Å². The number of nitrogens with zero attached hydrogens (tertiary/aromatic N) is 1. The Kier molecular flexibility index (Phi) is 7.15. The highest BCUT2D eigenvalue weighted by molar-refractivity contribution is 5.85. The summed E-state index contributed by atoms with van der Waals surface area (Å²) in [5, 5.41) is 5.63. The van der Waals surface area contributed by atoms with Crippen LogP contribution in [0.4, 0.5) is 0 Å². The van der Waals surface area contributed by atoms with E-state index in [1.807, 2.05) is 52.0 Å². The summed E-state index contributed by atoms with van der Waals surface area (Å²) in [6, 6.07) is 7.26. The van der Waals surface area contributed by atoms with Crippen molar-refractivity contribution in [2.75, 3.05) is 13.6 Å². The summed E-state index contributed by atoms with van der Waals surface area (Å²) >= 11 is 0. The predicted octanol–water partition coefficient (Wildman–Crippen LogP) is 1.94. The molecule has 1 rings (SSSR count). The summed E-state index contributed by atoms with van der Waals surface area (Å²) < 4.78 is 0. The number of rotatable bonds is 6. The van der Waals surface area contributed by atoms with Crippen molar-refractivity contribution >= 4 is 17.7 Å². The molecular formula is C19H29N3O3. The van der Waals surface area contributed by atoms with Crippen molar-refractivity contribution in [3.8, 4) is 0 Å². The molecule has 0 heterocycles. The molecule has 0 aromatic heterocycles. The smallest absolute Gasteiger partial charge is 0.240 e. The predicted molar refractivity (Wildman–Crippen MR) is 97.9 cm³/mol. The lowest BCUT2D eigenvalue weighted by atomic mass is 10.0. The molecule has 0 unspecified atom stereocenters. The van der Waals surface area contributed by atoms with Gasteiger partial charge in [-0.05, 0) is 33.3 Å². The van der Waals surface area contributed by atoms with Gasteiger partial charge < -0.3 is 15.5 Å². The van der Waals surface area contributed by atoms with Crippen LogP contribution < -0.4 is 10.6 Å². The third kappa shape index (κ3) is 7.83. The molecule has 0 aliphatic rings. The molecule has 3 amide bonds. The van der Waals surface area contributed by atoms with Gasteiger partial charge in [0.25, 0.3) is 0 Å². The van der Waals surface area contributed by atoms with Crippen LogP contribution in [0.2, 0.25) is 0 Å². The second-order valence-electron chi connectivity index (χ2n) is 7.42. The van der Waals surface area contributed by atoms with E-state index in [1.165, 1.54) is 11.8 Å². The van der Waals surface area contributed by atoms with Crippen molar-refractivity contribution in [1.29, 1.82) is 0 Å². The van der Waals surface area contributed by atoms with Crippen molar-refractivity contribution in [3.63, 3.8) is 0 Å². The van der Waals surface area contributed by atoms with Crippen LogP contribution in [-0.4, -0.2) is 41.8 Å². The third-order valence-corrected chi connectivity index (χ3v) is 3.56. The summed E-state index contributed by atoms with van der Waals surface area (Å²) in [7, 11) is 1.59. The molecule has 0 bridgehead atoms. The van der Waals surface area contributed by atoms with Gasteiger partial charge in [-0.3, -0.25) is 14.4 Å². The molecule has 2 N–H and O–H groups in total. The second-order valence-corrected chi connectivity index (χ2v) is 7.42. The standard InChI is InChI=1S/C19H29N3O3/c1-13-7-9-15(10-8-13)16(20-14(2)23)11-18(25)22(6)12-17(24)21-19(3,4)5/h7-10,16H,11-12H2,1-6H3,(H,20,23)(H,21,24)/t16-/m0/s1. The van der Waals surface area contributed by atoms with Crippen LogP contribution in [-0.2, 0) is 14.4 Å². The Bertz CT molecular complexity index is 618. The van der Waals surface area contributed by atoms with Gasteiger partial charge in [0.2, 0.25) is 17.7 Å². The van der Waals surface area contributed by atoms with E-state index >= 15 is 0 Å². The molecule has 0 aliphatic carbocycles. The lowest BCUT2D eigenvalue weighted by molar-refractivity contribution is -0.135. The fourth-order valence-corrected chi connectivity index (χ4v) is 2.39. The molecule has 1 aromatic carbocycles. The molecule has 1 aromatic rings. The molecule has 1 atom stereocenters. The first kappa shape index (κ1) is 20.7. The van der Waals surface area contributed by atoms with Crippen molar-refractivity contribution < 1.29 is 14.4 Å². The maximum atomic E-state index is 12.5. The van der Waals surface area contributed by atoms with Gasteiger partial charge in [0.15, 0.2) is 0 Å². The highest BCUT2D eigenvalue weighted by Crippen LogP contribution is 2.18. The van der Waals surface area contributed by atoms with Crippen LogP contribution >= 0.6 is 0 Å². The molecule has 0 fully saturated rings. The molecule has 0 saturated heterocycles. The summed E-state index contributed by atoms with van der Waals surface area (Å²) in [6.07, 6.45) is 0.0991. The number of amides is 3. The Morgan fingerprint density at radius 1 is 1.12 bits per heavy atom. The number of hydrogen-bond acceptors (Lipinski definition) is 3. The zero-order chi connectivity index (χ0) is 19.2. The molecule has 0 spiro atoms. The van der Waals surface area contributed by atoms with E-state index in [-0.39, 0.29) is 36.2 Å². The van der Waals surface area contributed by atoms with Gasteiger partial charge in [-0.2, -0.15) is 0 Å². The zero-order valence-corrected chi connectivity index (χ0v) is 16.0. The Morgan fingerprint density at radius 2 is 1.68 bits per heavy atom. The second kappa shape index (κ2) is 8.65. The summed E-state index contributed by atoms with van der Waals surface area (Å²) in [6.45, 7) is 9.04. The van der Waals surface area contributed by atoms with Crippen molar-refractivity contribution in [1.82, 2.24) is 15.5 Å². The maximum Gasteiger partial charge on any atom is 0.240 e. The van der Waals surface area contributed by atoms with Crippen molar-refractivity contribution in [2.24, 2.45) is 0 Å². The topological polar surface area (TPSA) is 78.5 Å². The van der Waals surface area contributed by atoms with Crippen LogP contribution in [0.25, 0.3) is 0 Å². The average Bonchev–Trinajstić information content (AvgIpc) is 2.44. The molecule has 0 saturated carbocycles. The first-order valence-corrected chi connectivity index (χ1v) is 8.36. The highest BCUT2D eigenvalue weighted by Gasteiger charge is 2.22. The van der Waals surface area contributed by atoms with E-state index in [2.05, 4.69) is 10.6 Å².